The van der Waals surface area contributed by atoms with E-state index in [-0.39, 0.29) is 30.9 Å². The maximum Gasteiger partial charge on any atom is 0.236 e. The number of likely N-dealkylation sites (N-methyl/N-ethyl adjacent to an activating group) is 1. The van der Waals surface area contributed by atoms with Crippen LogP contribution in [0.2, 0.25) is 4.34 Å². The van der Waals surface area contributed by atoms with Gasteiger partial charge in [-0.15, -0.1) is 11.3 Å². The summed E-state index contributed by atoms with van der Waals surface area (Å²) in [5.74, 6) is 0.0309. The number of carbonyl (C=O) groups excluding carboxylic acids is 2. The second kappa shape index (κ2) is 9.52. The smallest absolute Gasteiger partial charge is 0.236 e. The second-order valence-electron chi connectivity index (χ2n) is 6.76. The lowest BCUT2D eigenvalue weighted by Crippen LogP contribution is -2.51. The van der Waals surface area contributed by atoms with E-state index < -0.39 is 0 Å². The Morgan fingerprint density at radius 2 is 1.92 bits per heavy atom. The van der Waals surface area contributed by atoms with Crippen LogP contribution >= 0.6 is 22.9 Å². The molecule has 1 aromatic heterocycles. The fourth-order valence-corrected chi connectivity index (χ4v) is 3.94. The van der Waals surface area contributed by atoms with Crippen molar-refractivity contribution in [2.24, 2.45) is 0 Å². The topological polar surface area (TPSA) is 55.9 Å². The summed E-state index contributed by atoms with van der Waals surface area (Å²) in [6.07, 6.45) is 0. The van der Waals surface area contributed by atoms with E-state index in [4.69, 9.17) is 11.6 Å². The van der Waals surface area contributed by atoms with Crippen LogP contribution in [0.5, 0.6) is 0 Å². The molecule has 1 aromatic rings. The van der Waals surface area contributed by atoms with Crippen LogP contribution in [0.4, 0.5) is 0 Å². The SMILES string of the molecule is CC(C)NC(=O)CN(C)CC(=O)N1CCN(Cc2ccc(Cl)s2)CC1. The average molecular weight is 387 g/mol. The molecule has 1 aliphatic heterocycles. The third-order valence-corrected chi connectivity index (χ3v) is 5.22. The first-order chi connectivity index (χ1) is 11.8. The van der Waals surface area contributed by atoms with Crippen LogP contribution in [-0.2, 0) is 16.1 Å². The van der Waals surface area contributed by atoms with Crippen LogP contribution in [0.15, 0.2) is 12.1 Å². The van der Waals surface area contributed by atoms with Gasteiger partial charge in [0.25, 0.3) is 0 Å². The van der Waals surface area contributed by atoms with Crippen LogP contribution in [0, 0.1) is 0 Å². The largest absolute Gasteiger partial charge is 0.353 e. The minimum atomic E-state index is -0.0512. The Bertz CT molecular complexity index is 585. The van der Waals surface area contributed by atoms with E-state index in [1.807, 2.05) is 24.8 Å². The van der Waals surface area contributed by atoms with Gasteiger partial charge in [-0.2, -0.15) is 0 Å². The van der Waals surface area contributed by atoms with E-state index in [9.17, 15) is 9.59 Å². The third kappa shape index (κ3) is 6.93. The number of thiophene rings is 1. The first-order valence-corrected chi connectivity index (χ1v) is 9.75. The zero-order valence-electron chi connectivity index (χ0n) is 15.1. The second-order valence-corrected chi connectivity index (χ2v) is 8.56. The number of amides is 2. The summed E-state index contributed by atoms with van der Waals surface area (Å²) in [6, 6.07) is 4.09. The molecule has 0 radical (unpaired) electrons. The van der Waals surface area contributed by atoms with Crippen molar-refractivity contribution < 1.29 is 9.59 Å². The van der Waals surface area contributed by atoms with Crippen LogP contribution in [0.1, 0.15) is 18.7 Å². The van der Waals surface area contributed by atoms with Gasteiger partial charge in [0.2, 0.25) is 11.8 Å². The molecule has 1 aliphatic rings. The molecule has 8 heteroatoms. The molecule has 140 valence electrons. The highest BCUT2D eigenvalue weighted by atomic mass is 35.5. The van der Waals surface area contributed by atoms with Gasteiger partial charge in [-0.05, 0) is 33.0 Å². The number of piperazine rings is 1. The third-order valence-electron chi connectivity index (χ3n) is 4.00. The molecule has 0 saturated carbocycles. The van der Waals surface area contributed by atoms with Crippen LogP contribution < -0.4 is 5.32 Å². The molecule has 0 aromatic carbocycles. The van der Waals surface area contributed by atoms with E-state index in [1.165, 1.54) is 4.88 Å². The zero-order chi connectivity index (χ0) is 18.4. The normalized spacial score (nSPS) is 15.8. The van der Waals surface area contributed by atoms with Gasteiger partial charge in [0, 0.05) is 43.6 Å². The van der Waals surface area contributed by atoms with E-state index in [0.717, 1.165) is 37.1 Å². The van der Waals surface area contributed by atoms with Crippen molar-refractivity contribution in [1.82, 2.24) is 20.0 Å². The summed E-state index contributed by atoms with van der Waals surface area (Å²) in [6.45, 7) is 8.41. The van der Waals surface area contributed by atoms with Gasteiger partial charge in [0.15, 0.2) is 0 Å². The fourth-order valence-electron chi connectivity index (χ4n) is 2.81. The number of hydrogen-bond donors (Lipinski definition) is 1. The van der Waals surface area contributed by atoms with Crippen molar-refractivity contribution in [3.63, 3.8) is 0 Å². The van der Waals surface area contributed by atoms with Crippen molar-refractivity contribution in [1.29, 1.82) is 0 Å². The molecule has 1 N–H and O–H groups in total. The predicted molar refractivity (Wildman–Crippen MR) is 102 cm³/mol. The average Bonchev–Trinajstić information content (AvgIpc) is 2.91. The first-order valence-electron chi connectivity index (χ1n) is 8.55. The van der Waals surface area contributed by atoms with E-state index in [0.29, 0.717) is 0 Å². The highest BCUT2D eigenvalue weighted by Gasteiger charge is 2.22. The first kappa shape index (κ1) is 20.2. The number of carbonyl (C=O) groups is 2. The number of nitrogens with one attached hydrogen (secondary N) is 1. The summed E-state index contributed by atoms with van der Waals surface area (Å²) < 4.78 is 0.813. The van der Waals surface area contributed by atoms with Gasteiger partial charge in [-0.3, -0.25) is 19.4 Å². The minimum absolute atomic E-state index is 0.0512. The van der Waals surface area contributed by atoms with Gasteiger partial charge in [0.05, 0.1) is 17.4 Å². The maximum atomic E-state index is 12.4. The van der Waals surface area contributed by atoms with Crippen LogP contribution in [0.3, 0.4) is 0 Å². The molecule has 6 nitrogen and oxygen atoms in total. The Balaban J connectivity index is 1.70. The highest BCUT2D eigenvalue weighted by molar-refractivity contribution is 7.16. The Morgan fingerprint density at radius 3 is 2.48 bits per heavy atom. The molecule has 1 fully saturated rings. The van der Waals surface area contributed by atoms with Gasteiger partial charge in [0.1, 0.15) is 0 Å². The van der Waals surface area contributed by atoms with Crippen molar-refractivity contribution >= 4 is 34.8 Å². The number of halogens is 1. The highest BCUT2D eigenvalue weighted by Crippen LogP contribution is 2.23. The quantitative estimate of drug-likeness (QED) is 0.771. The van der Waals surface area contributed by atoms with Crippen LogP contribution in [0.25, 0.3) is 0 Å². The minimum Gasteiger partial charge on any atom is -0.353 e. The van der Waals surface area contributed by atoms with Gasteiger partial charge < -0.3 is 10.2 Å². The van der Waals surface area contributed by atoms with Crippen molar-refractivity contribution in [2.75, 3.05) is 46.3 Å². The predicted octanol–water partition coefficient (Wildman–Crippen LogP) is 1.50. The standard InChI is InChI=1S/C17H27ClN4O2S/c1-13(2)19-16(23)11-20(3)12-17(24)22-8-6-21(7-9-22)10-14-4-5-15(18)25-14/h4-5,13H,6-12H2,1-3H3,(H,19,23). The lowest BCUT2D eigenvalue weighted by Gasteiger charge is -2.35. The molecule has 0 unspecified atom stereocenters. The lowest BCUT2D eigenvalue weighted by molar-refractivity contribution is -0.134. The Morgan fingerprint density at radius 1 is 1.24 bits per heavy atom. The summed E-state index contributed by atoms with van der Waals surface area (Å²) in [7, 11) is 1.80. The number of rotatable bonds is 7. The molecule has 2 rings (SSSR count). The van der Waals surface area contributed by atoms with E-state index >= 15 is 0 Å². The van der Waals surface area contributed by atoms with E-state index in [2.05, 4.69) is 16.3 Å². The van der Waals surface area contributed by atoms with Gasteiger partial charge in [-0.25, -0.2) is 0 Å². The summed E-state index contributed by atoms with van der Waals surface area (Å²) in [4.78, 5) is 31.4. The Kier molecular flexibility index (Phi) is 7.68. The zero-order valence-corrected chi connectivity index (χ0v) is 16.7. The van der Waals surface area contributed by atoms with Gasteiger partial charge in [-0.1, -0.05) is 11.6 Å². The molecule has 0 spiro atoms. The van der Waals surface area contributed by atoms with Gasteiger partial charge >= 0.3 is 0 Å². The van der Waals surface area contributed by atoms with Crippen LogP contribution in [-0.4, -0.2) is 78.9 Å². The van der Waals surface area contributed by atoms with Crippen molar-refractivity contribution in [2.45, 2.75) is 26.4 Å². The summed E-state index contributed by atoms with van der Waals surface area (Å²) in [5.41, 5.74) is 0. The maximum absolute atomic E-state index is 12.4. The summed E-state index contributed by atoms with van der Waals surface area (Å²) in [5, 5.41) is 2.84. The molecule has 2 amide bonds. The van der Waals surface area contributed by atoms with E-state index in [1.54, 1.807) is 23.3 Å². The lowest BCUT2D eigenvalue weighted by atomic mass is 10.3. The molecule has 0 aliphatic carbocycles. The molecule has 0 bridgehead atoms. The Labute approximate surface area is 158 Å². The summed E-state index contributed by atoms with van der Waals surface area (Å²) >= 11 is 7.57. The Hall–Kier alpha value is -1.15. The molecular weight excluding hydrogens is 360 g/mol. The monoisotopic (exact) mass is 386 g/mol. The van der Waals surface area contributed by atoms with Crippen molar-refractivity contribution in [3.8, 4) is 0 Å². The molecule has 0 atom stereocenters. The number of nitrogens with zero attached hydrogens (tertiary/aromatic N) is 3. The fraction of sp³-hybridized carbons (Fsp3) is 0.647. The molecule has 25 heavy (non-hydrogen) atoms. The molecule has 2 heterocycles. The van der Waals surface area contributed by atoms with Crippen molar-refractivity contribution in [3.05, 3.63) is 21.3 Å². The molecule has 1 saturated heterocycles. The molecular formula is C17H27ClN4O2S. The number of hydrogen-bond acceptors (Lipinski definition) is 5.